The third-order valence-electron chi connectivity index (χ3n) is 5.75. The van der Waals surface area contributed by atoms with Gasteiger partial charge in [0.05, 0.1) is 33.3 Å². The fourth-order valence-corrected chi connectivity index (χ4v) is 5.72. The Hall–Kier alpha value is -2.26. The van der Waals surface area contributed by atoms with E-state index in [0.29, 0.717) is 30.2 Å². The first-order valence-corrected chi connectivity index (χ1v) is 12.3. The second-order valence-corrected chi connectivity index (χ2v) is 10.5. The van der Waals surface area contributed by atoms with Crippen molar-refractivity contribution in [2.45, 2.75) is 25.3 Å². The molecule has 3 heterocycles. The van der Waals surface area contributed by atoms with Gasteiger partial charge < -0.3 is 13.9 Å². The molecule has 0 atom stereocenters. The molecular formula is C22H23Cl2N3O4S. The average molecular weight is 496 g/mol. The second-order valence-electron chi connectivity index (χ2n) is 7.72. The van der Waals surface area contributed by atoms with Crippen molar-refractivity contribution in [1.29, 1.82) is 0 Å². The topological polar surface area (TPSA) is 75.8 Å². The summed E-state index contributed by atoms with van der Waals surface area (Å²) < 4.78 is 34.8. The van der Waals surface area contributed by atoms with Gasteiger partial charge in [0.15, 0.2) is 0 Å². The molecule has 0 saturated carbocycles. The summed E-state index contributed by atoms with van der Waals surface area (Å²) in [7, 11) is -3.72. The van der Waals surface area contributed by atoms with Gasteiger partial charge in [-0.3, -0.25) is 4.79 Å². The van der Waals surface area contributed by atoms with E-state index in [4.69, 9.17) is 27.6 Å². The highest BCUT2D eigenvalue weighted by Gasteiger charge is 2.31. The Morgan fingerprint density at radius 3 is 2.38 bits per heavy atom. The number of aromatic nitrogens is 1. The minimum absolute atomic E-state index is 0.0909. The van der Waals surface area contributed by atoms with E-state index < -0.39 is 10.0 Å². The first kappa shape index (κ1) is 22.9. The van der Waals surface area contributed by atoms with Gasteiger partial charge >= 0.3 is 0 Å². The normalized spacial score (nSPS) is 15.3. The molecule has 3 aromatic rings. The zero-order valence-electron chi connectivity index (χ0n) is 17.7. The summed E-state index contributed by atoms with van der Waals surface area (Å²) in [5.41, 5.74) is 2.44. The Morgan fingerprint density at radius 1 is 1.03 bits per heavy atom. The number of amides is 1. The van der Waals surface area contributed by atoms with Crippen LogP contribution in [0.2, 0.25) is 10.0 Å². The highest BCUT2D eigenvalue weighted by molar-refractivity contribution is 7.89. The van der Waals surface area contributed by atoms with E-state index >= 15 is 0 Å². The molecule has 32 heavy (non-hydrogen) atoms. The minimum atomic E-state index is -3.72. The molecular weight excluding hydrogens is 473 g/mol. The quantitative estimate of drug-likeness (QED) is 0.531. The summed E-state index contributed by atoms with van der Waals surface area (Å²) in [6.07, 6.45) is 1.63. The highest BCUT2D eigenvalue weighted by atomic mass is 35.5. The Bertz CT molecular complexity index is 1240. The van der Waals surface area contributed by atoms with Gasteiger partial charge in [-0.1, -0.05) is 23.2 Å². The molecule has 0 radical (unpaired) electrons. The number of benzene rings is 1. The van der Waals surface area contributed by atoms with Crippen LogP contribution < -0.4 is 0 Å². The van der Waals surface area contributed by atoms with Crippen LogP contribution in [0.5, 0.6) is 0 Å². The SMILES string of the molecule is Cc1cc(C(=O)N2CCN(S(=O)(=O)c3ccc(Cl)c(Cl)c3)CC2)c(C)n1Cc1ccco1. The van der Waals surface area contributed by atoms with Crippen LogP contribution in [-0.4, -0.2) is 54.3 Å². The lowest BCUT2D eigenvalue weighted by Crippen LogP contribution is -2.50. The van der Waals surface area contributed by atoms with E-state index in [1.54, 1.807) is 11.2 Å². The molecule has 0 N–H and O–H groups in total. The molecule has 7 nitrogen and oxygen atoms in total. The number of hydrogen-bond acceptors (Lipinski definition) is 4. The number of furan rings is 1. The number of nitrogens with zero attached hydrogens (tertiary/aromatic N) is 3. The molecule has 2 aromatic heterocycles. The predicted molar refractivity (Wildman–Crippen MR) is 123 cm³/mol. The monoisotopic (exact) mass is 495 g/mol. The van der Waals surface area contributed by atoms with Crippen molar-refractivity contribution >= 4 is 39.1 Å². The third-order valence-corrected chi connectivity index (χ3v) is 8.39. The van der Waals surface area contributed by atoms with Crippen LogP contribution in [0.3, 0.4) is 0 Å². The van der Waals surface area contributed by atoms with E-state index in [1.165, 1.54) is 22.5 Å². The van der Waals surface area contributed by atoms with Gasteiger partial charge in [0, 0.05) is 37.6 Å². The summed E-state index contributed by atoms with van der Waals surface area (Å²) >= 11 is 11.9. The number of hydrogen-bond donors (Lipinski definition) is 0. The molecule has 1 fully saturated rings. The van der Waals surface area contributed by atoms with Crippen molar-refractivity contribution in [2.24, 2.45) is 0 Å². The van der Waals surface area contributed by atoms with Crippen LogP contribution in [0.4, 0.5) is 0 Å². The van der Waals surface area contributed by atoms with Crippen molar-refractivity contribution in [3.05, 3.63) is 75.4 Å². The third kappa shape index (κ3) is 4.32. The molecule has 1 saturated heterocycles. The van der Waals surface area contributed by atoms with Crippen LogP contribution in [0, 0.1) is 13.8 Å². The van der Waals surface area contributed by atoms with Crippen LogP contribution in [0.15, 0.2) is 52.0 Å². The Balaban J connectivity index is 1.46. The van der Waals surface area contributed by atoms with Gasteiger partial charge in [0.25, 0.3) is 5.91 Å². The average Bonchev–Trinajstić information content (AvgIpc) is 3.39. The maximum Gasteiger partial charge on any atom is 0.255 e. The first-order valence-electron chi connectivity index (χ1n) is 10.1. The van der Waals surface area contributed by atoms with Gasteiger partial charge in [-0.05, 0) is 50.2 Å². The summed E-state index contributed by atoms with van der Waals surface area (Å²) in [4.78, 5) is 15.0. The largest absolute Gasteiger partial charge is 0.467 e. The molecule has 0 aliphatic carbocycles. The van der Waals surface area contributed by atoms with Crippen molar-refractivity contribution in [1.82, 2.24) is 13.8 Å². The van der Waals surface area contributed by atoms with Crippen molar-refractivity contribution < 1.29 is 17.6 Å². The molecule has 0 bridgehead atoms. The summed E-state index contributed by atoms with van der Waals surface area (Å²) in [6, 6.07) is 9.86. The van der Waals surface area contributed by atoms with Crippen molar-refractivity contribution in [3.63, 3.8) is 0 Å². The molecule has 0 unspecified atom stereocenters. The number of rotatable bonds is 5. The van der Waals surface area contributed by atoms with E-state index in [0.717, 1.165) is 17.1 Å². The standard InChI is InChI=1S/C22H23Cl2N3O4S/c1-15-12-19(16(2)27(15)14-17-4-3-11-31-17)22(28)25-7-9-26(10-8-25)32(29,30)18-5-6-20(23)21(24)13-18/h3-6,11-13H,7-10,14H2,1-2H3. The lowest BCUT2D eigenvalue weighted by molar-refractivity contribution is 0.0697. The summed E-state index contributed by atoms with van der Waals surface area (Å²) in [6.45, 7) is 5.44. The van der Waals surface area contributed by atoms with Gasteiger partial charge in [-0.25, -0.2) is 8.42 Å². The number of aryl methyl sites for hydroxylation is 1. The highest BCUT2D eigenvalue weighted by Crippen LogP contribution is 2.27. The Labute approximate surface area is 197 Å². The van der Waals surface area contributed by atoms with Gasteiger partial charge in [-0.2, -0.15) is 4.31 Å². The van der Waals surface area contributed by atoms with E-state index in [1.807, 2.05) is 36.6 Å². The lowest BCUT2D eigenvalue weighted by atomic mass is 10.2. The molecule has 1 amide bonds. The lowest BCUT2D eigenvalue weighted by Gasteiger charge is -2.34. The Kier molecular flexibility index (Phi) is 6.40. The molecule has 10 heteroatoms. The van der Waals surface area contributed by atoms with Crippen LogP contribution in [-0.2, 0) is 16.6 Å². The number of sulfonamides is 1. The maximum absolute atomic E-state index is 13.2. The van der Waals surface area contributed by atoms with E-state index in [9.17, 15) is 13.2 Å². The van der Waals surface area contributed by atoms with Gasteiger partial charge in [0.1, 0.15) is 5.76 Å². The zero-order valence-corrected chi connectivity index (χ0v) is 20.0. The minimum Gasteiger partial charge on any atom is -0.467 e. The van der Waals surface area contributed by atoms with Crippen LogP contribution in [0.1, 0.15) is 27.5 Å². The predicted octanol–water partition coefficient (Wildman–Crippen LogP) is 4.20. The fraction of sp³-hybridized carbons (Fsp3) is 0.318. The molecule has 1 aliphatic rings. The number of piperazine rings is 1. The molecule has 1 aliphatic heterocycles. The molecule has 4 rings (SSSR count). The van der Waals surface area contributed by atoms with Crippen LogP contribution >= 0.6 is 23.2 Å². The van der Waals surface area contributed by atoms with Crippen molar-refractivity contribution in [2.75, 3.05) is 26.2 Å². The van der Waals surface area contributed by atoms with Crippen LogP contribution in [0.25, 0.3) is 0 Å². The zero-order chi connectivity index (χ0) is 23.0. The van der Waals surface area contributed by atoms with Gasteiger partial charge in [0.2, 0.25) is 10.0 Å². The number of carbonyl (C=O) groups excluding carboxylic acids is 1. The molecule has 170 valence electrons. The summed E-state index contributed by atoms with van der Waals surface area (Å²) in [5.74, 6) is 0.710. The van der Waals surface area contributed by atoms with Gasteiger partial charge in [-0.15, -0.1) is 0 Å². The smallest absolute Gasteiger partial charge is 0.255 e. The number of carbonyl (C=O) groups is 1. The maximum atomic E-state index is 13.2. The van der Waals surface area contributed by atoms with E-state index in [-0.39, 0.29) is 28.9 Å². The number of halogens is 2. The fourth-order valence-electron chi connectivity index (χ4n) is 3.91. The Morgan fingerprint density at radius 2 is 1.75 bits per heavy atom. The first-order chi connectivity index (χ1) is 15.2. The molecule has 1 aromatic carbocycles. The molecule has 0 spiro atoms. The summed E-state index contributed by atoms with van der Waals surface area (Å²) in [5, 5.41) is 0.483. The van der Waals surface area contributed by atoms with E-state index in [2.05, 4.69) is 0 Å². The second kappa shape index (κ2) is 8.94. The van der Waals surface area contributed by atoms with Crippen molar-refractivity contribution in [3.8, 4) is 0 Å².